The average molecular weight is 457 g/mol. The molecule has 0 bridgehead atoms. The number of hydrogen-bond donors (Lipinski definition) is 1. The van der Waals surface area contributed by atoms with Crippen molar-refractivity contribution in [1.29, 1.82) is 0 Å². The van der Waals surface area contributed by atoms with Gasteiger partial charge in [-0.25, -0.2) is 0 Å². The van der Waals surface area contributed by atoms with Crippen molar-refractivity contribution in [2.24, 2.45) is 0 Å². The highest BCUT2D eigenvalue weighted by Crippen LogP contribution is 2.33. The van der Waals surface area contributed by atoms with E-state index >= 15 is 0 Å². The number of aryl methyl sites for hydroxylation is 2. The molecule has 6 nitrogen and oxygen atoms in total. The van der Waals surface area contributed by atoms with E-state index < -0.39 is 0 Å². The SMILES string of the molecule is COc1ccc(NC2=C(c3ccc(C)c(C)c3)C(=O)N(CCCOC(C)C)C2=O)cc1Cl. The quantitative estimate of drug-likeness (QED) is 0.426. The predicted molar refractivity (Wildman–Crippen MR) is 127 cm³/mol. The van der Waals surface area contributed by atoms with Crippen molar-refractivity contribution >= 4 is 34.7 Å². The molecule has 0 aliphatic carbocycles. The van der Waals surface area contributed by atoms with Crippen LogP contribution in [0.1, 0.15) is 37.0 Å². The maximum Gasteiger partial charge on any atom is 0.278 e. The number of imide groups is 1. The van der Waals surface area contributed by atoms with Crippen molar-refractivity contribution in [3.63, 3.8) is 0 Å². The van der Waals surface area contributed by atoms with Crippen LogP contribution < -0.4 is 10.1 Å². The van der Waals surface area contributed by atoms with Gasteiger partial charge >= 0.3 is 0 Å². The molecule has 1 aliphatic rings. The van der Waals surface area contributed by atoms with Crippen LogP contribution in [0.3, 0.4) is 0 Å². The van der Waals surface area contributed by atoms with E-state index in [4.69, 9.17) is 21.1 Å². The lowest BCUT2D eigenvalue weighted by atomic mass is 9.99. The Morgan fingerprint density at radius 2 is 1.78 bits per heavy atom. The first-order chi connectivity index (χ1) is 15.2. The van der Waals surface area contributed by atoms with Crippen molar-refractivity contribution in [1.82, 2.24) is 4.90 Å². The van der Waals surface area contributed by atoms with E-state index in [1.54, 1.807) is 18.2 Å². The van der Waals surface area contributed by atoms with Crippen LogP contribution >= 0.6 is 11.6 Å². The van der Waals surface area contributed by atoms with Crippen LogP contribution in [0.4, 0.5) is 5.69 Å². The number of halogens is 1. The Hall–Kier alpha value is -2.83. The minimum absolute atomic E-state index is 0.0984. The number of ether oxygens (including phenoxy) is 2. The number of amides is 2. The summed E-state index contributed by atoms with van der Waals surface area (Å²) in [5.41, 5.74) is 4.06. The minimum Gasteiger partial charge on any atom is -0.495 e. The van der Waals surface area contributed by atoms with Crippen LogP contribution in [-0.4, -0.2) is 43.1 Å². The monoisotopic (exact) mass is 456 g/mol. The van der Waals surface area contributed by atoms with Crippen molar-refractivity contribution < 1.29 is 19.1 Å². The van der Waals surface area contributed by atoms with Gasteiger partial charge in [-0.05, 0) is 69.0 Å². The van der Waals surface area contributed by atoms with Gasteiger partial charge in [0, 0.05) is 18.8 Å². The molecule has 0 atom stereocenters. The summed E-state index contributed by atoms with van der Waals surface area (Å²) in [5, 5.41) is 3.54. The molecule has 1 N–H and O–H groups in total. The van der Waals surface area contributed by atoms with Gasteiger partial charge in [-0.15, -0.1) is 0 Å². The fourth-order valence-electron chi connectivity index (χ4n) is 3.49. The summed E-state index contributed by atoms with van der Waals surface area (Å²) >= 11 is 6.25. The molecule has 1 heterocycles. The zero-order valence-corrected chi connectivity index (χ0v) is 19.9. The summed E-state index contributed by atoms with van der Waals surface area (Å²) in [5.74, 6) is -0.147. The number of benzene rings is 2. The molecule has 170 valence electrons. The van der Waals surface area contributed by atoms with Gasteiger partial charge < -0.3 is 14.8 Å². The number of methoxy groups -OCH3 is 1. The molecule has 0 fully saturated rings. The third-order valence-electron chi connectivity index (χ3n) is 5.36. The summed E-state index contributed by atoms with van der Waals surface area (Å²) < 4.78 is 10.8. The number of carbonyl (C=O) groups excluding carboxylic acids is 2. The molecular weight excluding hydrogens is 428 g/mol. The molecule has 0 unspecified atom stereocenters. The van der Waals surface area contributed by atoms with Gasteiger partial charge in [0.2, 0.25) is 0 Å². The van der Waals surface area contributed by atoms with Gasteiger partial charge in [-0.3, -0.25) is 14.5 Å². The Morgan fingerprint density at radius 3 is 2.41 bits per heavy atom. The number of hydrogen-bond acceptors (Lipinski definition) is 5. The summed E-state index contributed by atoms with van der Waals surface area (Å²) in [6.07, 6.45) is 0.665. The van der Waals surface area contributed by atoms with Crippen molar-refractivity contribution in [3.8, 4) is 5.75 Å². The van der Waals surface area contributed by atoms with E-state index in [1.807, 2.05) is 45.9 Å². The topological polar surface area (TPSA) is 67.9 Å². The number of carbonyl (C=O) groups is 2. The Kier molecular flexibility index (Phi) is 7.59. The lowest BCUT2D eigenvalue weighted by Crippen LogP contribution is -2.34. The highest BCUT2D eigenvalue weighted by Gasteiger charge is 2.39. The first-order valence-electron chi connectivity index (χ1n) is 10.6. The van der Waals surface area contributed by atoms with Crippen LogP contribution in [-0.2, 0) is 14.3 Å². The molecule has 2 amide bonds. The van der Waals surface area contributed by atoms with Crippen LogP contribution in [0.25, 0.3) is 5.57 Å². The Balaban J connectivity index is 1.95. The van der Waals surface area contributed by atoms with Gasteiger partial charge in [-0.1, -0.05) is 29.8 Å². The fourth-order valence-corrected chi connectivity index (χ4v) is 3.75. The summed E-state index contributed by atoms with van der Waals surface area (Å²) in [6, 6.07) is 10.9. The van der Waals surface area contributed by atoms with Crippen molar-refractivity contribution in [2.75, 3.05) is 25.6 Å². The van der Waals surface area contributed by atoms with Crippen LogP contribution in [0, 0.1) is 13.8 Å². The lowest BCUT2D eigenvalue weighted by molar-refractivity contribution is -0.137. The molecule has 1 aliphatic heterocycles. The zero-order chi connectivity index (χ0) is 23.4. The molecule has 0 radical (unpaired) electrons. The zero-order valence-electron chi connectivity index (χ0n) is 19.1. The van der Waals surface area contributed by atoms with Crippen LogP contribution in [0.15, 0.2) is 42.1 Å². The molecule has 0 saturated heterocycles. The van der Waals surface area contributed by atoms with Crippen molar-refractivity contribution in [2.45, 2.75) is 40.2 Å². The van der Waals surface area contributed by atoms with E-state index in [-0.39, 0.29) is 30.2 Å². The normalized spacial score (nSPS) is 14.0. The van der Waals surface area contributed by atoms with E-state index in [9.17, 15) is 9.59 Å². The summed E-state index contributed by atoms with van der Waals surface area (Å²) in [6.45, 7) is 8.66. The van der Waals surface area contributed by atoms with E-state index in [1.165, 1.54) is 12.0 Å². The predicted octanol–water partition coefficient (Wildman–Crippen LogP) is 4.97. The molecule has 7 heteroatoms. The van der Waals surface area contributed by atoms with Crippen LogP contribution in [0.5, 0.6) is 5.75 Å². The van der Waals surface area contributed by atoms with Gasteiger partial charge in [0.05, 0.1) is 23.8 Å². The van der Waals surface area contributed by atoms with Crippen LogP contribution in [0.2, 0.25) is 5.02 Å². The van der Waals surface area contributed by atoms with Crippen molar-refractivity contribution in [3.05, 3.63) is 63.8 Å². The Morgan fingerprint density at radius 1 is 1.03 bits per heavy atom. The highest BCUT2D eigenvalue weighted by atomic mass is 35.5. The second kappa shape index (κ2) is 10.2. The summed E-state index contributed by atoms with van der Waals surface area (Å²) in [7, 11) is 1.54. The maximum absolute atomic E-state index is 13.3. The molecule has 0 aromatic heterocycles. The van der Waals surface area contributed by atoms with Gasteiger partial charge in [0.25, 0.3) is 11.8 Å². The second-order valence-electron chi connectivity index (χ2n) is 8.06. The second-order valence-corrected chi connectivity index (χ2v) is 8.47. The van der Waals surface area contributed by atoms with E-state index in [2.05, 4.69) is 5.32 Å². The third-order valence-corrected chi connectivity index (χ3v) is 5.66. The average Bonchev–Trinajstić information content (AvgIpc) is 2.97. The fraction of sp³-hybridized carbons (Fsp3) is 0.360. The number of nitrogens with zero attached hydrogens (tertiary/aromatic N) is 1. The summed E-state index contributed by atoms with van der Waals surface area (Å²) in [4.78, 5) is 27.9. The van der Waals surface area contributed by atoms with Gasteiger partial charge in [-0.2, -0.15) is 0 Å². The standard InChI is InChI=1S/C25H29ClN2O4/c1-15(2)32-12-6-11-28-24(29)22(18-8-7-16(3)17(4)13-18)23(25(28)30)27-19-9-10-21(31-5)20(26)14-19/h7-10,13-15,27H,6,11-12H2,1-5H3. The van der Waals surface area contributed by atoms with Gasteiger partial charge in [0.1, 0.15) is 11.4 Å². The molecule has 2 aromatic carbocycles. The largest absolute Gasteiger partial charge is 0.495 e. The van der Waals surface area contributed by atoms with E-state index in [0.717, 1.165) is 11.1 Å². The smallest absolute Gasteiger partial charge is 0.278 e. The molecule has 3 rings (SSSR count). The van der Waals surface area contributed by atoms with E-state index in [0.29, 0.717) is 40.6 Å². The number of rotatable bonds is 9. The molecular formula is C25H29ClN2O4. The number of nitrogens with one attached hydrogen (secondary N) is 1. The minimum atomic E-state index is -0.361. The van der Waals surface area contributed by atoms with Gasteiger partial charge in [0.15, 0.2) is 0 Å². The molecule has 0 saturated carbocycles. The molecule has 32 heavy (non-hydrogen) atoms. The highest BCUT2D eigenvalue weighted by molar-refractivity contribution is 6.36. The first-order valence-corrected chi connectivity index (χ1v) is 11.0. The lowest BCUT2D eigenvalue weighted by Gasteiger charge is -2.16. The maximum atomic E-state index is 13.3. The Bertz CT molecular complexity index is 1060. The molecule has 0 spiro atoms. The Labute approximate surface area is 194 Å². The third kappa shape index (κ3) is 5.14. The number of anilines is 1. The molecule has 2 aromatic rings. The first kappa shape index (κ1) is 23.8.